The number of para-hydroxylation sites is 1. The summed E-state index contributed by atoms with van der Waals surface area (Å²) >= 11 is 0. The Morgan fingerprint density at radius 2 is 1.81 bits per heavy atom. The van der Waals surface area contributed by atoms with Gasteiger partial charge in [0.1, 0.15) is 17.7 Å². The predicted molar refractivity (Wildman–Crippen MR) is 146 cm³/mol. The highest BCUT2D eigenvalue weighted by atomic mass is 32.1. The zero-order valence-electron chi connectivity index (χ0n) is 21.3. The largest absolute Gasteiger partial charge is 0.458 e. The molecule has 0 radical (unpaired) electrons. The molecule has 4 rings (SSSR count). The standard InChI is InChI=1S/C26H28FN7O2.H2S/c1-15(17-7-6-8-18-22(24(35)28-5)19(27)13-30-23(17)18)10-29-21-9-20(33-14-34-21)16-11-31-25(32-12-16)36-26(2,3)4;/h6-9,11-15H,10H2,1-5H3,(H,28,35)(H,29,33,34);1H2/t15-;/m1./s1. The van der Waals surface area contributed by atoms with Crippen molar-refractivity contribution < 1.29 is 13.9 Å². The van der Waals surface area contributed by atoms with E-state index in [4.69, 9.17) is 4.74 Å². The Balaban J connectivity index is 0.00000380. The number of hydrogen-bond donors (Lipinski definition) is 2. The Morgan fingerprint density at radius 3 is 2.49 bits per heavy atom. The molecule has 1 amide bonds. The number of rotatable bonds is 7. The Morgan fingerprint density at radius 1 is 1.08 bits per heavy atom. The molecule has 1 aromatic carbocycles. The van der Waals surface area contributed by atoms with Gasteiger partial charge in [-0.15, -0.1) is 0 Å². The van der Waals surface area contributed by atoms with Crippen LogP contribution in [-0.4, -0.2) is 50.0 Å². The molecule has 0 saturated carbocycles. The molecule has 0 aliphatic rings. The number of ether oxygens (including phenoxy) is 1. The van der Waals surface area contributed by atoms with E-state index in [2.05, 4.69) is 35.6 Å². The minimum atomic E-state index is -0.653. The molecule has 0 spiro atoms. The highest BCUT2D eigenvalue weighted by molar-refractivity contribution is 7.59. The molecular weight excluding hydrogens is 493 g/mol. The van der Waals surface area contributed by atoms with Crippen LogP contribution >= 0.6 is 13.5 Å². The Bertz CT molecular complexity index is 1390. The number of pyridine rings is 1. The maximum atomic E-state index is 14.4. The SMILES string of the molecule is CNC(=O)c1c(F)cnc2c([C@H](C)CNc3cc(-c4cnc(OC(C)(C)C)nc4)ncn3)cccc12.S. The van der Waals surface area contributed by atoms with Crippen molar-refractivity contribution >= 4 is 36.1 Å². The smallest absolute Gasteiger partial charge is 0.316 e. The number of halogens is 1. The third-order valence-corrected chi connectivity index (χ3v) is 5.45. The first-order valence-corrected chi connectivity index (χ1v) is 11.5. The molecule has 194 valence electrons. The molecule has 0 aliphatic heterocycles. The van der Waals surface area contributed by atoms with E-state index in [1.807, 2.05) is 39.8 Å². The summed E-state index contributed by atoms with van der Waals surface area (Å²) in [5.41, 5.74) is 2.48. The molecule has 0 unspecified atom stereocenters. The molecule has 4 aromatic rings. The van der Waals surface area contributed by atoms with Gasteiger partial charge in [0, 0.05) is 48.9 Å². The van der Waals surface area contributed by atoms with Gasteiger partial charge in [-0.1, -0.05) is 25.1 Å². The predicted octanol–water partition coefficient (Wildman–Crippen LogP) is 4.49. The van der Waals surface area contributed by atoms with Crippen molar-refractivity contribution in [1.29, 1.82) is 0 Å². The molecule has 3 heterocycles. The minimum absolute atomic E-state index is 0. The Hall–Kier alpha value is -3.86. The number of anilines is 1. The number of aromatic nitrogens is 5. The number of fused-ring (bicyclic) bond motifs is 1. The summed E-state index contributed by atoms with van der Waals surface area (Å²) in [5.74, 6) is -0.523. The third kappa shape index (κ3) is 6.48. The first-order valence-electron chi connectivity index (χ1n) is 11.5. The van der Waals surface area contributed by atoms with Gasteiger partial charge in [0.05, 0.1) is 23.0 Å². The first kappa shape index (κ1) is 27.7. The average Bonchev–Trinajstić information content (AvgIpc) is 2.86. The number of carbonyl (C=O) groups is 1. The monoisotopic (exact) mass is 523 g/mol. The van der Waals surface area contributed by atoms with Crippen molar-refractivity contribution in [3.63, 3.8) is 0 Å². The van der Waals surface area contributed by atoms with Crippen molar-refractivity contribution in [3.8, 4) is 17.3 Å². The van der Waals surface area contributed by atoms with Crippen molar-refractivity contribution in [2.24, 2.45) is 0 Å². The van der Waals surface area contributed by atoms with Gasteiger partial charge in [-0.05, 0) is 26.3 Å². The summed E-state index contributed by atoms with van der Waals surface area (Å²) < 4.78 is 20.0. The van der Waals surface area contributed by atoms with Gasteiger partial charge in [0.15, 0.2) is 5.82 Å². The third-order valence-electron chi connectivity index (χ3n) is 5.45. The van der Waals surface area contributed by atoms with E-state index in [0.717, 1.165) is 17.3 Å². The second-order valence-corrected chi connectivity index (χ2v) is 9.34. The Labute approximate surface area is 221 Å². The van der Waals surface area contributed by atoms with E-state index in [1.165, 1.54) is 13.4 Å². The number of hydrogen-bond acceptors (Lipinski definition) is 8. The van der Waals surface area contributed by atoms with Gasteiger partial charge in [-0.25, -0.2) is 24.3 Å². The van der Waals surface area contributed by atoms with Crippen LogP contribution in [0, 0.1) is 5.82 Å². The molecule has 3 aromatic heterocycles. The van der Waals surface area contributed by atoms with Crippen LogP contribution in [-0.2, 0) is 0 Å². The molecular formula is C26H30FN7O2S. The van der Waals surface area contributed by atoms with Crippen LogP contribution in [0.1, 0.15) is 49.5 Å². The molecule has 0 saturated heterocycles. The summed E-state index contributed by atoms with van der Waals surface area (Å²) in [7, 11) is 1.47. The quantitative estimate of drug-likeness (QED) is 0.364. The van der Waals surface area contributed by atoms with Crippen LogP contribution in [0.15, 0.2) is 49.2 Å². The summed E-state index contributed by atoms with van der Waals surface area (Å²) in [6, 6.07) is 7.55. The van der Waals surface area contributed by atoms with E-state index in [0.29, 0.717) is 35.0 Å². The lowest BCUT2D eigenvalue weighted by Gasteiger charge is -2.19. The van der Waals surface area contributed by atoms with Crippen LogP contribution in [0.3, 0.4) is 0 Å². The topological polar surface area (TPSA) is 115 Å². The summed E-state index contributed by atoms with van der Waals surface area (Å²) in [5, 5.41) is 6.29. The number of nitrogens with one attached hydrogen (secondary N) is 2. The number of nitrogens with zero attached hydrogens (tertiary/aromatic N) is 5. The number of benzene rings is 1. The molecule has 2 N–H and O–H groups in total. The fourth-order valence-electron chi connectivity index (χ4n) is 3.73. The van der Waals surface area contributed by atoms with Crippen LogP contribution in [0.5, 0.6) is 6.01 Å². The van der Waals surface area contributed by atoms with Crippen LogP contribution < -0.4 is 15.4 Å². The van der Waals surface area contributed by atoms with Crippen LogP contribution in [0.4, 0.5) is 10.2 Å². The van der Waals surface area contributed by atoms with Gasteiger partial charge >= 0.3 is 6.01 Å². The zero-order valence-corrected chi connectivity index (χ0v) is 22.3. The van der Waals surface area contributed by atoms with Crippen molar-refractivity contribution in [2.75, 3.05) is 18.9 Å². The summed E-state index contributed by atoms with van der Waals surface area (Å²) in [4.78, 5) is 33.7. The van der Waals surface area contributed by atoms with Gasteiger partial charge in [0.2, 0.25) is 0 Å². The second kappa shape index (κ2) is 11.5. The van der Waals surface area contributed by atoms with Gasteiger partial charge < -0.3 is 15.4 Å². The molecule has 37 heavy (non-hydrogen) atoms. The van der Waals surface area contributed by atoms with E-state index in [9.17, 15) is 9.18 Å². The Kier molecular flexibility index (Phi) is 8.59. The molecule has 9 nitrogen and oxygen atoms in total. The zero-order chi connectivity index (χ0) is 25.9. The van der Waals surface area contributed by atoms with E-state index in [-0.39, 0.29) is 30.6 Å². The molecule has 11 heteroatoms. The van der Waals surface area contributed by atoms with Gasteiger partial charge in [0.25, 0.3) is 5.91 Å². The lowest BCUT2D eigenvalue weighted by molar-refractivity contribution is 0.0960. The summed E-state index contributed by atoms with van der Waals surface area (Å²) in [6.07, 6.45) is 5.88. The molecule has 1 atom stereocenters. The van der Waals surface area contributed by atoms with E-state index < -0.39 is 11.7 Å². The molecule has 0 bridgehead atoms. The van der Waals surface area contributed by atoms with Gasteiger partial charge in [-0.2, -0.15) is 13.5 Å². The minimum Gasteiger partial charge on any atom is -0.458 e. The van der Waals surface area contributed by atoms with E-state index >= 15 is 0 Å². The fraction of sp³-hybridized carbons (Fsp3) is 0.308. The lowest BCUT2D eigenvalue weighted by Crippen LogP contribution is -2.24. The van der Waals surface area contributed by atoms with E-state index in [1.54, 1.807) is 24.5 Å². The second-order valence-electron chi connectivity index (χ2n) is 9.34. The maximum absolute atomic E-state index is 14.4. The average molecular weight is 524 g/mol. The number of carbonyl (C=O) groups excluding carboxylic acids is 1. The van der Waals surface area contributed by atoms with Gasteiger partial charge in [-0.3, -0.25) is 9.78 Å². The molecule has 0 aliphatic carbocycles. The highest BCUT2D eigenvalue weighted by Crippen LogP contribution is 2.28. The van der Waals surface area contributed by atoms with Crippen molar-refractivity contribution in [2.45, 2.75) is 39.2 Å². The molecule has 0 fully saturated rings. The maximum Gasteiger partial charge on any atom is 0.316 e. The van der Waals surface area contributed by atoms with Crippen LogP contribution in [0.25, 0.3) is 22.2 Å². The summed E-state index contributed by atoms with van der Waals surface area (Å²) in [6.45, 7) is 8.35. The number of amides is 1. The lowest BCUT2D eigenvalue weighted by atomic mass is 9.96. The van der Waals surface area contributed by atoms with Crippen molar-refractivity contribution in [3.05, 3.63) is 66.1 Å². The van der Waals surface area contributed by atoms with Crippen molar-refractivity contribution in [1.82, 2.24) is 30.2 Å². The van der Waals surface area contributed by atoms with Crippen LogP contribution in [0.2, 0.25) is 0 Å². The highest BCUT2D eigenvalue weighted by Gasteiger charge is 2.19. The fourth-order valence-corrected chi connectivity index (χ4v) is 3.73. The first-order chi connectivity index (χ1) is 17.2. The normalized spacial score (nSPS) is 11.9.